The summed E-state index contributed by atoms with van der Waals surface area (Å²) in [6, 6.07) is 6.42. The van der Waals surface area contributed by atoms with Gasteiger partial charge < -0.3 is 5.32 Å². The summed E-state index contributed by atoms with van der Waals surface area (Å²) in [7, 11) is 1.94. The van der Waals surface area contributed by atoms with E-state index >= 15 is 0 Å². The third kappa shape index (κ3) is 4.37. The third-order valence-corrected chi connectivity index (χ3v) is 4.23. The van der Waals surface area contributed by atoms with Gasteiger partial charge in [-0.1, -0.05) is 34.6 Å². The van der Waals surface area contributed by atoms with Gasteiger partial charge in [0, 0.05) is 29.2 Å². The molecule has 0 saturated carbocycles. The zero-order valence-corrected chi connectivity index (χ0v) is 13.6. The van der Waals surface area contributed by atoms with Gasteiger partial charge in [-0.15, -0.1) is 0 Å². The highest BCUT2D eigenvalue weighted by molar-refractivity contribution is 9.10. The molecule has 0 aliphatic heterocycles. The van der Waals surface area contributed by atoms with Gasteiger partial charge >= 0.3 is 0 Å². The third-order valence-electron chi connectivity index (χ3n) is 2.67. The van der Waals surface area contributed by atoms with Crippen LogP contribution in [0.2, 0.25) is 0 Å². The Morgan fingerprint density at radius 1 is 1.42 bits per heavy atom. The van der Waals surface area contributed by atoms with E-state index < -0.39 is 0 Å². The molecule has 2 rings (SSSR count). The maximum atomic E-state index is 4.21. The van der Waals surface area contributed by atoms with Crippen molar-refractivity contribution in [2.75, 3.05) is 6.54 Å². The van der Waals surface area contributed by atoms with Crippen LogP contribution in [0.4, 0.5) is 0 Å². The average Bonchev–Trinajstić information content (AvgIpc) is 2.78. The van der Waals surface area contributed by atoms with Gasteiger partial charge in [-0.25, -0.2) is 0 Å². The first-order valence-corrected chi connectivity index (χ1v) is 7.95. The van der Waals surface area contributed by atoms with Crippen LogP contribution in [0, 0.1) is 0 Å². The Labute approximate surface area is 126 Å². The number of benzene rings is 1. The number of nitrogens with zero attached hydrogens (tertiary/aromatic N) is 2. The average molecular weight is 340 g/mol. The molecule has 1 aromatic carbocycles. The van der Waals surface area contributed by atoms with Crippen LogP contribution >= 0.6 is 27.7 Å². The Morgan fingerprint density at radius 2 is 2.26 bits per heavy atom. The summed E-state index contributed by atoms with van der Waals surface area (Å²) in [5.41, 5.74) is 1.32. The van der Waals surface area contributed by atoms with E-state index in [1.165, 1.54) is 15.4 Å². The Hall–Kier alpha value is -0.780. The highest BCUT2D eigenvalue weighted by atomic mass is 79.9. The summed E-state index contributed by atoms with van der Waals surface area (Å²) >= 11 is 5.30. The van der Waals surface area contributed by atoms with Gasteiger partial charge in [-0.3, -0.25) is 4.68 Å². The molecule has 0 aliphatic carbocycles. The van der Waals surface area contributed by atoms with Crippen LogP contribution in [-0.4, -0.2) is 16.3 Å². The van der Waals surface area contributed by atoms with E-state index in [1.807, 2.05) is 24.1 Å². The predicted molar refractivity (Wildman–Crippen MR) is 83.5 cm³/mol. The fourth-order valence-corrected chi connectivity index (χ4v) is 3.13. The Kier molecular flexibility index (Phi) is 5.48. The molecule has 0 radical (unpaired) electrons. The number of nitrogens with one attached hydrogen (secondary N) is 1. The summed E-state index contributed by atoms with van der Waals surface area (Å²) in [6.07, 6.45) is 5.09. The molecular weight excluding hydrogens is 322 g/mol. The van der Waals surface area contributed by atoms with Crippen LogP contribution in [-0.2, 0) is 13.6 Å². The van der Waals surface area contributed by atoms with Crippen molar-refractivity contribution < 1.29 is 0 Å². The molecule has 0 unspecified atom stereocenters. The molecule has 0 bridgehead atoms. The summed E-state index contributed by atoms with van der Waals surface area (Å²) in [6.45, 7) is 4.12. The summed E-state index contributed by atoms with van der Waals surface area (Å²) in [4.78, 5) is 2.45. The fourth-order valence-electron chi connectivity index (χ4n) is 1.76. The largest absolute Gasteiger partial charge is 0.313 e. The van der Waals surface area contributed by atoms with E-state index in [2.05, 4.69) is 51.5 Å². The van der Waals surface area contributed by atoms with Gasteiger partial charge in [0.1, 0.15) is 0 Å². The lowest BCUT2D eigenvalue weighted by atomic mass is 10.2. The van der Waals surface area contributed by atoms with E-state index in [4.69, 9.17) is 0 Å². The van der Waals surface area contributed by atoms with Crippen LogP contribution in [0.15, 0.2) is 44.9 Å². The molecule has 1 N–H and O–H groups in total. The second-order valence-corrected chi connectivity index (χ2v) is 6.41. The van der Waals surface area contributed by atoms with Crippen LogP contribution in [0.25, 0.3) is 0 Å². The first kappa shape index (κ1) is 14.6. The molecule has 0 aliphatic rings. The molecule has 5 heteroatoms. The zero-order valence-electron chi connectivity index (χ0n) is 11.2. The summed E-state index contributed by atoms with van der Waals surface area (Å²) in [5.74, 6) is 0. The summed E-state index contributed by atoms with van der Waals surface area (Å²) < 4.78 is 2.95. The molecule has 0 saturated heterocycles. The molecule has 1 aromatic heterocycles. The van der Waals surface area contributed by atoms with E-state index in [-0.39, 0.29) is 0 Å². The van der Waals surface area contributed by atoms with E-state index in [0.717, 1.165) is 24.0 Å². The number of hydrogen-bond donors (Lipinski definition) is 1. The number of rotatable bonds is 6. The molecule has 102 valence electrons. The van der Waals surface area contributed by atoms with Crippen LogP contribution < -0.4 is 5.32 Å². The first-order chi connectivity index (χ1) is 9.19. The number of hydrogen-bond acceptors (Lipinski definition) is 3. The molecule has 0 amide bonds. The lowest BCUT2D eigenvalue weighted by Crippen LogP contribution is -2.14. The van der Waals surface area contributed by atoms with Crippen LogP contribution in [0.3, 0.4) is 0 Å². The maximum absolute atomic E-state index is 4.21. The normalized spacial score (nSPS) is 10.9. The van der Waals surface area contributed by atoms with Crippen molar-refractivity contribution in [1.82, 2.24) is 15.1 Å². The predicted octanol–water partition coefficient (Wildman–Crippen LogP) is 3.83. The Morgan fingerprint density at radius 3 is 2.95 bits per heavy atom. The van der Waals surface area contributed by atoms with E-state index in [9.17, 15) is 0 Å². The first-order valence-electron chi connectivity index (χ1n) is 6.34. The van der Waals surface area contributed by atoms with Gasteiger partial charge in [0.25, 0.3) is 0 Å². The van der Waals surface area contributed by atoms with E-state index in [1.54, 1.807) is 11.8 Å². The van der Waals surface area contributed by atoms with Crippen molar-refractivity contribution in [3.8, 4) is 0 Å². The van der Waals surface area contributed by atoms with Gasteiger partial charge in [-0.2, -0.15) is 5.10 Å². The van der Waals surface area contributed by atoms with Gasteiger partial charge in [0.2, 0.25) is 0 Å². The molecule has 3 nitrogen and oxygen atoms in total. The molecule has 0 fully saturated rings. The van der Waals surface area contributed by atoms with Crippen molar-refractivity contribution in [2.24, 2.45) is 7.05 Å². The minimum absolute atomic E-state index is 0.899. The van der Waals surface area contributed by atoms with Crippen molar-refractivity contribution in [3.05, 3.63) is 40.6 Å². The summed E-state index contributed by atoms with van der Waals surface area (Å²) in [5, 5.41) is 7.66. The second kappa shape index (κ2) is 7.12. The van der Waals surface area contributed by atoms with Crippen LogP contribution in [0.1, 0.15) is 18.9 Å². The minimum atomic E-state index is 0.899. The van der Waals surface area contributed by atoms with E-state index in [0.29, 0.717) is 0 Å². The van der Waals surface area contributed by atoms with Crippen molar-refractivity contribution in [2.45, 2.75) is 29.7 Å². The fraction of sp³-hybridized carbons (Fsp3) is 0.357. The highest BCUT2D eigenvalue weighted by Crippen LogP contribution is 2.31. The Bertz CT molecular complexity index is 539. The highest BCUT2D eigenvalue weighted by Gasteiger charge is 2.06. The quantitative estimate of drug-likeness (QED) is 0.811. The van der Waals surface area contributed by atoms with Crippen molar-refractivity contribution in [3.63, 3.8) is 0 Å². The monoisotopic (exact) mass is 339 g/mol. The van der Waals surface area contributed by atoms with Crippen molar-refractivity contribution >= 4 is 27.7 Å². The molecular formula is C14H18BrN3S. The number of aromatic nitrogens is 2. The Balaban J connectivity index is 2.14. The molecule has 0 atom stereocenters. The molecule has 19 heavy (non-hydrogen) atoms. The molecule has 2 aromatic rings. The smallest absolute Gasteiger partial charge is 0.0629 e. The lowest BCUT2D eigenvalue weighted by molar-refractivity contribution is 0.669. The second-order valence-electron chi connectivity index (χ2n) is 4.38. The van der Waals surface area contributed by atoms with Crippen molar-refractivity contribution in [1.29, 1.82) is 0 Å². The van der Waals surface area contributed by atoms with Gasteiger partial charge in [0.15, 0.2) is 0 Å². The van der Waals surface area contributed by atoms with Gasteiger partial charge in [-0.05, 0) is 36.7 Å². The number of aryl methyl sites for hydroxylation is 1. The topological polar surface area (TPSA) is 29.9 Å². The maximum Gasteiger partial charge on any atom is 0.0629 e. The number of halogens is 1. The molecule has 1 heterocycles. The zero-order chi connectivity index (χ0) is 13.7. The lowest BCUT2D eigenvalue weighted by Gasteiger charge is -2.10. The van der Waals surface area contributed by atoms with Crippen LogP contribution in [0.5, 0.6) is 0 Å². The van der Waals surface area contributed by atoms with Gasteiger partial charge in [0.05, 0.1) is 11.1 Å². The minimum Gasteiger partial charge on any atom is -0.313 e. The molecule has 0 spiro atoms. The SMILES string of the molecule is CCCNCc1cc(Br)ccc1Sc1cnn(C)c1. The standard InChI is InChI=1S/C14H18BrN3S/c1-3-6-16-8-11-7-12(15)4-5-14(11)19-13-9-17-18(2)10-13/h4-5,7,9-10,16H,3,6,8H2,1-2H3.